The van der Waals surface area contributed by atoms with Gasteiger partial charge in [-0.1, -0.05) is 72.3 Å². The second-order valence-corrected chi connectivity index (χ2v) is 10.1. The second-order valence-electron chi connectivity index (χ2n) is 9.71. The van der Waals surface area contributed by atoms with E-state index in [9.17, 15) is 4.79 Å². The molecule has 9 nitrogen and oxygen atoms in total. The van der Waals surface area contributed by atoms with E-state index in [-0.39, 0.29) is 5.02 Å². The van der Waals surface area contributed by atoms with Crippen molar-refractivity contribution in [2.24, 2.45) is 0 Å². The number of nitrogens with one attached hydrogen (secondary N) is 2. The molecule has 10 heteroatoms. The van der Waals surface area contributed by atoms with Gasteiger partial charge in [0.1, 0.15) is 24.4 Å². The van der Waals surface area contributed by atoms with Crippen LogP contribution in [0.25, 0.3) is 10.9 Å². The van der Waals surface area contributed by atoms with Crippen LogP contribution in [0.3, 0.4) is 0 Å². The third kappa shape index (κ3) is 7.23. The highest BCUT2D eigenvalue weighted by Gasteiger charge is 2.15. The Bertz CT molecular complexity index is 1940. The van der Waals surface area contributed by atoms with Crippen molar-refractivity contribution in [3.63, 3.8) is 0 Å². The van der Waals surface area contributed by atoms with E-state index in [1.165, 1.54) is 6.33 Å². The first-order chi connectivity index (χ1) is 22.1. The van der Waals surface area contributed by atoms with Crippen LogP contribution in [-0.4, -0.2) is 23.1 Å². The lowest BCUT2D eigenvalue weighted by Gasteiger charge is -2.15. The van der Waals surface area contributed by atoms with E-state index in [0.717, 1.165) is 5.56 Å². The largest absolute Gasteiger partial charge is 0.493 e. The van der Waals surface area contributed by atoms with Gasteiger partial charge in [-0.05, 0) is 48.0 Å². The molecule has 224 valence electrons. The van der Waals surface area contributed by atoms with Crippen LogP contribution in [0, 0.1) is 0 Å². The predicted molar refractivity (Wildman–Crippen MR) is 174 cm³/mol. The summed E-state index contributed by atoms with van der Waals surface area (Å²) in [5, 5.41) is 6.47. The van der Waals surface area contributed by atoms with E-state index >= 15 is 0 Å². The molecule has 45 heavy (non-hydrogen) atoms. The molecule has 0 aliphatic rings. The average molecular weight is 619 g/mol. The van der Waals surface area contributed by atoms with Gasteiger partial charge in [0, 0.05) is 12.1 Å². The number of halogens is 1. The maximum absolute atomic E-state index is 12.9. The molecule has 2 N–H and O–H groups in total. The molecule has 5 aromatic carbocycles. The molecule has 0 spiro atoms. The molecule has 2 amide bonds. The van der Waals surface area contributed by atoms with Crippen molar-refractivity contribution in [2.45, 2.75) is 6.61 Å². The summed E-state index contributed by atoms with van der Waals surface area (Å²) < 4.78 is 23.6. The second kappa shape index (κ2) is 13.7. The molecular formula is C35H27ClN4O5. The van der Waals surface area contributed by atoms with Crippen molar-refractivity contribution < 1.29 is 23.7 Å². The molecule has 1 heterocycles. The van der Waals surface area contributed by atoms with Gasteiger partial charge in [0.15, 0.2) is 17.2 Å². The van der Waals surface area contributed by atoms with E-state index in [2.05, 4.69) is 20.6 Å². The zero-order valence-corrected chi connectivity index (χ0v) is 24.8. The Morgan fingerprint density at radius 2 is 1.44 bits per heavy atom. The Morgan fingerprint density at radius 1 is 0.711 bits per heavy atom. The van der Waals surface area contributed by atoms with Crippen LogP contribution in [0.2, 0.25) is 5.02 Å². The van der Waals surface area contributed by atoms with Gasteiger partial charge in [-0.3, -0.25) is 0 Å². The van der Waals surface area contributed by atoms with Gasteiger partial charge in [-0.25, -0.2) is 14.8 Å². The van der Waals surface area contributed by atoms with Gasteiger partial charge in [0.2, 0.25) is 5.88 Å². The number of hydrogen-bond donors (Lipinski definition) is 2. The van der Waals surface area contributed by atoms with E-state index in [0.29, 0.717) is 63.5 Å². The number of hydrogen-bond acceptors (Lipinski definition) is 7. The summed E-state index contributed by atoms with van der Waals surface area (Å²) in [6.45, 7) is 0.377. The Balaban J connectivity index is 1.14. The van der Waals surface area contributed by atoms with E-state index in [4.69, 9.17) is 30.5 Å². The first kappa shape index (κ1) is 29.3. The van der Waals surface area contributed by atoms with E-state index in [1.54, 1.807) is 55.6 Å². The molecule has 0 atom stereocenters. The number of anilines is 2. The molecule has 0 unspecified atom stereocenters. The smallest absolute Gasteiger partial charge is 0.323 e. The van der Waals surface area contributed by atoms with Crippen LogP contribution in [0.4, 0.5) is 16.2 Å². The molecule has 0 saturated carbocycles. The lowest BCUT2D eigenvalue weighted by atomic mass is 10.2. The number of benzene rings is 5. The summed E-state index contributed by atoms with van der Waals surface area (Å²) in [7, 11) is 1.57. The fourth-order valence-corrected chi connectivity index (χ4v) is 4.67. The summed E-state index contributed by atoms with van der Waals surface area (Å²) in [5.41, 5.74) is 2.52. The van der Waals surface area contributed by atoms with E-state index < -0.39 is 6.03 Å². The number of nitrogens with zero attached hydrogens (tertiary/aromatic N) is 2. The molecule has 0 aliphatic carbocycles. The Kier molecular flexibility index (Phi) is 8.89. The van der Waals surface area contributed by atoms with Gasteiger partial charge < -0.3 is 29.6 Å². The minimum Gasteiger partial charge on any atom is -0.493 e. The van der Waals surface area contributed by atoms with Crippen LogP contribution in [0.1, 0.15) is 5.56 Å². The zero-order chi connectivity index (χ0) is 31.0. The number of amides is 2. The predicted octanol–water partition coefficient (Wildman–Crippen LogP) is 9.10. The Hall–Kier alpha value is -5.80. The molecule has 1 aromatic heterocycles. The molecule has 0 saturated heterocycles. The van der Waals surface area contributed by atoms with Gasteiger partial charge in [-0.2, -0.15) is 0 Å². The Morgan fingerprint density at radius 3 is 2.22 bits per heavy atom. The number of carbonyl (C=O) groups excluding carboxylic acids is 1. The zero-order valence-electron chi connectivity index (χ0n) is 24.1. The van der Waals surface area contributed by atoms with Gasteiger partial charge in [0.05, 0.1) is 34.4 Å². The summed E-state index contributed by atoms with van der Waals surface area (Å²) in [6.07, 6.45) is 1.41. The van der Waals surface area contributed by atoms with Crippen LogP contribution < -0.4 is 29.6 Å². The van der Waals surface area contributed by atoms with Crippen molar-refractivity contribution >= 4 is 39.9 Å². The minimum absolute atomic E-state index is 0.268. The third-order valence-electron chi connectivity index (χ3n) is 6.63. The van der Waals surface area contributed by atoms with Crippen molar-refractivity contribution in [3.8, 4) is 34.6 Å². The number of ether oxygens (including phenoxy) is 4. The standard InChI is InChI=1S/C35H27ClN4O5/c1-42-32-19-26-30(20-33(32)43-21-23-10-4-2-5-11-23)37-22-38-34(26)45-25-16-17-28(27(36)18-25)39-35(41)40-29-14-8-9-15-31(29)44-24-12-6-3-7-13-24/h2-20,22H,21H2,1H3,(H2,39,40,41). The highest BCUT2D eigenvalue weighted by molar-refractivity contribution is 6.34. The number of urea groups is 1. The van der Waals surface area contributed by atoms with Gasteiger partial charge in [0.25, 0.3) is 0 Å². The SMILES string of the molecule is COc1cc2c(Oc3ccc(NC(=O)Nc4ccccc4Oc4ccccc4)c(Cl)c3)ncnc2cc1OCc1ccccc1. The van der Waals surface area contributed by atoms with E-state index in [1.807, 2.05) is 66.7 Å². The quantitative estimate of drug-likeness (QED) is 0.158. The number of aromatic nitrogens is 2. The normalized spacial score (nSPS) is 10.6. The Labute approximate surface area is 264 Å². The first-order valence-corrected chi connectivity index (χ1v) is 14.3. The summed E-state index contributed by atoms with van der Waals surface area (Å²) in [6, 6.07) is 34.3. The van der Waals surface area contributed by atoms with Crippen molar-refractivity contribution in [3.05, 3.63) is 132 Å². The van der Waals surface area contributed by atoms with Crippen LogP contribution in [0.5, 0.6) is 34.6 Å². The molecule has 0 fully saturated rings. The highest BCUT2D eigenvalue weighted by Crippen LogP contribution is 2.37. The fourth-order valence-electron chi connectivity index (χ4n) is 4.45. The molecule has 6 rings (SSSR count). The van der Waals surface area contributed by atoms with Crippen molar-refractivity contribution in [1.29, 1.82) is 0 Å². The van der Waals surface area contributed by atoms with Crippen LogP contribution in [0.15, 0.2) is 122 Å². The monoisotopic (exact) mass is 618 g/mol. The fraction of sp³-hybridized carbons (Fsp3) is 0.0571. The number of fused-ring (bicyclic) bond motifs is 1. The lowest BCUT2D eigenvalue weighted by Crippen LogP contribution is -2.20. The maximum Gasteiger partial charge on any atom is 0.323 e. The molecule has 6 aromatic rings. The van der Waals surface area contributed by atoms with Crippen LogP contribution >= 0.6 is 11.6 Å². The topological polar surface area (TPSA) is 104 Å². The summed E-state index contributed by atoms with van der Waals surface area (Å²) in [5.74, 6) is 2.92. The third-order valence-corrected chi connectivity index (χ3v) is 6.94. The number of carbonyl (C=O) groups is 1. The summed E-state index contributed by atoms with van der Waals surface area (Å²) in [4.78, 5) is 21.6. The number of rotatable bonds is 10. The van der Waals surface area contributed by atoms with Crippen LogP contribution in [-0.2, 0) is 6.61 Å². The number of methoxy groups -OCH3 is 1. The molecular weight excluding hydrogens is 592 g/mol. The average Bonchev–Trinajstić information content (AvgIpc) is 3.06. The molecule has 0 radical (unpaired) electrons. The maximum atomic E-state index is 12.9. The van der Waals surface area contributed by atoms with Gasteiger partial charge >= 0.3 is 6.03 Å². The molecule has 0 aliphatic heterocycles. The first-order valence-electron chi connectivity index (χ1n) is 13.9. The highest BCUT2D eigenvalue weighted by atomic mass is 35.5. The van der Waals surface area contributed by atoms with Crippen molar-refractivity contribution in [1.82, 2.24) is 9.97 Å². The lowest BCUT2D eigenvalue weighted by molar-refractivity contribution is 0.262. The van der Waals surface area contributed by atoms with Crippen molar-refractivity contribution in [2.75, 3.05) is 17.7 Å². The number of para-hydroxylation sites is 3. The molecule has 0 bridgehead atoms. The summed E-state index contributed by atoms with van der Waals surface area (Å²) >= 11 is 6.54. The van der Waals surface area contributed by atoms with Gasteiger partial charge in [-0.15, -0.1) is 0 Å². The minimum atomic E-state index is -0.492.